The van der Waals surface area contributed by atoms with Gasteiger partial charge in [-0.25, -0.2) is 0 Å². The number of unbranched alkanes of at least 4 members (excludes halogenated alkanes) is 1. The van der Waals surface area contributed by atoms with E-state index in [0.717, 1.165) is 24.2 Å². The number of thioether (sulfide) groups is 1. The lowest BCUT2D eigenvalue weighted by molar-refractivity contribution is -0.130. The van der Waals surface area contributed by atoms with Crippen LogP contribution in [0.1, 0.15) is 32.3 Å². The van der Waals surface area contributed by atoms with Crippen LogP contribution in [0, 0.1) is 0 Å². The van der Waals surface area contributed by atoms with E-state index >= 15 is 0 Å². The second kappa shape index (κ2) is 12.0. The molecule has 0 fully saturated rings. The van der Waals surface area contributed by atoms with Gasteiger partial charge in [-0.3, -0.25) is 9.59 Å². The Morgan fingerprint density at radius 1 is 1.11 bits per heavy atom. The molecule has 152 valence electrons. The summed E-state index contributed by atoms with van der Waals surface area (Å²) in [5.41, 5.74) is -0.268. The van der Waals surface area contributed by atoms with Gasteiger partial charge in [-0.05, 0) is 30.5 Å². The topological polar surface area (TPSA) is 119 Å². The van der Waals surface area contributed by atoms with Crippen molar-refractivity contribution in [2.24, 2.45) is 0 Å². The molecule has 0 aliphatic carbocycles. The fraction of sp³-hybridized carbons (Fsp3) is 0.579. The van der Waals surface area contributed by atoms with E-state index in [1.807, 2.05) is 12.1 Å². The predicted octanol–water partition coefficient (Wildman–Crippen LogP) is 0.458. The third kappa shape index (κ3) is 7.88. The summed E-state index contributed by atoms with van der Waals surface area (Å²) >= 11 is 1.42. The van der Waals surface area contributed by atoms with Crippen molar-refractivity contribution in [3.05, 3.63) is 29.8 Å². The average molecular weight is 399 g/mol. The number of carbonyl (C=O) groups excluding carboxylic acids is 2. The van der Waals surface area contributed by atoms with Crippen LogP contribution in [0.25, 0.3) is 0 Å². The maximum atomic E-state index is 12.5. The summed E-state index contributed by atoms with van der Waals surface area (Å²) in [5, 5.41) is 33.1. The summed E-state index contributed by atoms with van der Waals surface area (Å²) in [6, 6.07) is 7.21. The zero-order valence-electron chi connectivity index (χ0n) is 15.9. The van der Waals surface area contributed by atoms with E-state index in [2.05, 4.69) is 29.7 Å². The van der Waals surface area contributed by atoms with Crippen LogP contribution in [0.4, 0.5) is 0 Å². The van der Waals surface area contributed by atoms with Crippen molar-refractivity contribution in [2.45, 2.75) is 49.6 Å². The number of rotatable bonds is 12. The van der Waals surface area contributed by atoms with Gasteiger partial charge in [0.15, 0.2) is 0 Å². The van der Waals surface area contributed by atoms with E-state index in [1.165, 1.54) is 24.2 Å². The van der Waals surface area contributed by atoms with E-state index in [-0.39, 0.29) is 11.7 Å². The highest BCUT2D eigenvalue weighted by Crippen LogP contribution is 2.20. The summed E-state index contributed by atoms with van der Waals surface area (Å²) in [6.07, 6.45) is 3.31. The van der Waals surface area contributed by atoms with Gasteiger partial charge in [-0.1, -0.05) is 25.5 Å². The Labute approximate surface area is 164 Å². The van der Waals surface area contributed by atoms with Crippen LogP contribution >= 0.6 is 11.8 Å². The first kappa shape index (κ1) is 23.4. The summed E-state index contributed by atoms with van der Waals surface area (Å²) in [6.45, 7) is 1.60. The van der Waals surface area contributed by atoms with Gasteiger partial charge in [0.05, 0.1) is 19.8 Å². The molecule has 0 saturated heterocycles. The quantitative estimate of drug-likeness (QED) is 0.326. The highest BCUT2D eigenvalue weighted by Gasteiger charge is 2.33. The maximum absolute atomic E-state index is 12.5. The van der Waals surface area contributed by atoms with E-state index in [4.69, 9.17) is 0 Å². The standard InChI is InChI=1S/C19H30N2O5S/c1-3-4-5-15-6-8-16(9-7-15)27-10-17(20-14(2)25)18(26)21-19(11-22,12-23)13-24/h6-9,17,22-24H,3-5,10-13H2,1-2H3,(H,20,25)(H,21,26). The Bertz CT molecular complexity index is 582. The first-order valence-electron chi connectivity index (χ1n) is 9.03. The highest BCUT2D eigenvalue weighted by atomic mass is 32.2. The van der Waals surface area contributed by atoms with Gasteiger partial charge >= 0.3 is 0 Å². The molecule has 0 aliphatic rings. The van der Waals surface area contributed by atoms with Gasteiger partial charge in [0.2, 0.25) is 11.8 Å². The number of aliphatic hydroxyl groups excluding tert-OH is 3. The number of hydrogen-bond donors (Lipinski definition) is 5. The Morgan fingerprint density at radius 2 is 1.70 bits per heavy atom. The predicted molar refractivity (Wildman–Crippen MR) is 106 cm³/mol. The third-order valence-electron chi connectivity index (χ3n) is 4.15. The molecule has 0 aromatic heterocycles. The largest absolute Gasteiger partial charge is 0.394 e. The molecular weight excluding hydrogens is 368 g/mol. The summed E-state index contributed by atoms with van der Waals surface area (Å²) in [7, 11) is 0. The molecule has 8 heteroatoms. The van der Waals surface area contributed by atoms with Gasteiger partial charge in [-0.2, -0.15) is 0 Å². The Morgan fingerprint density at radius 3 is 2.19 bits per heavy atom. The molecule has 1 rings (SSSR count). The Balaban J connectivity index is 2.74. The molecule has 1 aromatic carbocycles. The molecule has 0 bridgehead atoms. The fourth-order valence-electron chi connectivity index (χ4n) is 2.36. The molecular formula is C19H30N2O5S. The van der Waals surface area contributed by atoms with Gasteiger partial charge in [0.1, 0.15) is 11.6 Å². The Hall–Kier alpha value is -1.61. The van der Waals surface area contributed by atoms with Crippen molar-refractivity contribution in [2.75, 3.05) is 25.6 Å². The smallest absolute Gasteiger partial charge is 0.244 e. The van der Waals surface area contributed by atoms with Crippen molar-refractivity contribution in [1.29, 1.82) is 0 Å². The molecule has 0 heterocycles. The maximum Gasteiger partial charge on any atom is 0.244 e. The van der Waals surface area contributed by atoms with Crippen molar-refractivity contribution >= 4 is 23.6 Å². The van der Waals surface area contributed by atoms with Crippen molar-refractivity contribution in [3.8, 4) is 0 Å². The zero-order valence-corrected chi connectivity index (χ0v) is 16.7. The van der Waals surface area contributed by atoms with Gasteiger partial charge in [-0.15, -0.1) is 11.8 Å². The molecule has 5 N–H and O–H groups in total. The minimum absolute atomic E-state index is 0.276. The number of benzene rings is 1. The van der Waals surface area contributed by atoms with Crippen LogP contribution in [0.2, 0.25) is 0 Å². The highest BCUT2D eigenvalue weighted by molar-refractivity contribution is 7.99. The molecule has 0 aliphatic heterocycles. The monoisotopic (exact) mass is 398 g/mol. The normalized spacial score (nSPS) is 12.5. The molecule has 2 amide bonds. The fourth-order valence-corrected chi connectivity index (χ4v) is 3.28. The van der Waals surface area contributed by atoms with Crippen molar-refractivity contribution in [3.63, 3.8) is 0 Å². The molecule has 1 aromatic rings. The van der Waals surface area contributed by atoms with Crippen LogP contribution in [0.5, 0.6) is 0 Å². The van der Waals surface area contributed by atoms with Crippen molar-refractivity contribution < 1.29 is 24.9 Å². The number of aryl methyl sites for hydroxylation is 1. The molecule has 27 heavy (non-hydrogen) atoms. The number of amides is 2. The SMILES string of the molecule is CCCCc1ccc(SCC(NC(C)=O)C(=O)NC(CO)(CO)CO)cc1. The number of nitrogens with one attached hydrogen (secondary N) is 2. The summed E-state index contributed by atoms with van der Waals surface area (Å²) in [4.78, 5) is 24.9. The minimum atomic E-state index is -1.53. The molecule has 7 nitrogen and oxygen atoms in total. The van der Waals surface area contributed by atoms with Gasteiger partial charge < -0.3 is 26.0 Å². The molecule has 0 radical (unpaired) electrons. The van der Waals surface area contributed by atoms with E-state index < -0.39 is 37.3 Å². The average Bonchev–Trinajstić information content (AvgIpc) is 2.68. The van der Waals surface area contributed by atoms with Gasteiger partial charge in [0, 0.05) is 17.6 Å². The minimum Gasteiger partial charge on any atom is -0.394 e. The van der Waals surface area contributed by atoms with Crippen molar-refractivity contribution in [1.82, 2.24) is 10.6 Å². The lowest BCUT2D eigenvalue weighted by Gasteiger charge is -2.30. The van der Waals surface area contributed by atoms with E-state index in [9.17, 15) is 24.9 Å². The molecule has 0 spiro atoms. The summed E-state index contributed by atoms with van der Waals surface area (Å²) < 4.78 is 0. The van der Waals surface area contributed by atoms with E-state index in [0.29, 0.717) is 0 Å². The number of carbonyl (C=O) groups is 2. The summed E-state index contributed by atoms with van der Waals surface area (Å²) in [5.74, 6) is -0.666. The molecule has 0 saturated carbocycles. The third-order valence-corrected chi connectivity index (χ3v) is 5.25. The van der Waals surface area contributed by atoms with E-state index in [1.54, 1.807) is 0 Å². The van der Waals surface area contributed by atoms with Crippen LogP contribution in [-0.2, 0) is 16.0 Å². The van der Waals surface area contributed by atoms with Gasteiger partial charge in [0.25, 0.3) is 0 Å². The molecule has 1 atom stereocenters. The Kier molecular flexibility index (Phi) is 10.4. The lowest BCUT2D eigenvalue weighted by Crippen LogP contribution is -2.61. The van der Waals surface area contributed by atoms with Crippen LogP contribution in [0.15, 0.2) is 29.2 Å². The van der Waals surface area contributed by atoms with Crippen LogP contribution in [0.3, 0.4) is 0 Å². The first-order valence-corrected chi connectivity index (χ1v) is 10.0. The lowest BCUT2D eigenvalue weighted by atomic mass is 10.0. The second-order valence-electron chi connectivity index (χ2n) is 6.56. The zero-order chi connectivity index (χ0) is 20.3. The second-order valence-corrected chi connectivity index (χ2v) is 7.65. The number of hydrogen-bond acceptors (Lipinski definition) is 6. The first-order chi connectivity index (χ1) is 12.9. The molecule has 1 unspecified atom stereocenters. The van der Waals surface area contributed by atoms with Crippen LogP contribution in [-0.4, -0.2) is 64.3 Å². The van der Waals surface area contributed by atoms with Crippen LogP contribution < -0.4 is 10.6 Å². The number of aliphatic hydroxyl groups is 3.